The summed E-state index contributed by atoms with van der Waals surface area (Å²) < 4.78 is 5.49. The van der Waals surface area contributed by atoms with E-state index in [1.807, 2.05) is 24.3 Å². The molecule has 0 radical (unpaired) electrons. The number of aliphatic carboxylic acids is 1. The minimum Gasteiger partial charge on any atom is -0.480 e. The zero-order valence-corrected chi connectivity index (χ0v) is 18.5. The van der Waals surface area contributed by atoms with Crippen molar-refractivity contribution in [3.8, 4) is 11.1 Å². The number of likely N-dealkylation sites (tertiary alicyclic amines) is 1. The summed E-state index contributed by atoms with van der Waals surface area (Å²) in [4.78, 5) is 37.0. The Balaban J connectivity index is 1.19. The molecule has 2 aliphatic rings. The van der Waals surface area contributed by atoms with Gasteiger partial charge in [0.25, 0.3) is 0 Å². The van der Waals surface area contributed by atoms with Crippen LogP contribution in [-0.4, -0.2) is 65.2 Å². The Kier molecular flexibility index (Phi) is 6.99. The average Bonchev–Trinajstić information content (AvgIpc) is 3.41. The molecule has 2 N–H and O–H groups in total. The molecule has 1 fully saturated rings. The number of carbonyl (C=O) groups is 3. The quantitative estimate of drug-likeness (QED) is 0.594. The standard InChI is InChI=1S/C24H26N2O5S/c27-22(26-12-5-10-21(26)23(28)29)15-32-13-11-25-24(30)31-14-20-18-8-3-1-6-16(18)17-7-2-4-9-19(17)20/h1-4,6-9,20-21H,5,10-15H2,(H,25,30)(H,28,29)/t21-/m0/s1. The molecule has 2 aromatic rings. The normalized spacial score (nSPS) is 17.0. The summed E-state index contributed by atoms with van der Waals surface area (Å²) in [5.74, 6) is -0.348. The van der Waals surface area contributed by atoms with Crippen LogP contribution in [-0.2, 0) is 14.3 Å². The van der Waals surface area contributed by atoms with E-state index in [-0.39, 0.29) is 24.2 Å². The third-order valence-electron chi connectivity index (χ3n) is 5.94. The van der Waals surface area contributed by atoms with Gasteiger partial charge in [0.1, 0.15) is 12.6 Å². The Bertz CT molecular complexity index is 966. The van der Waals surface area contributed by atoms with E-state index in [9.17, 15) is 19.5 Å². The highest BCUT2D eigenvalue weighted by atomic mass is 32.2. The van der Waals surface area contributed by atoms with Crippen LogP contribution in [0.4, 0.5) is 4.79 Å². The molecule has 7 nitrogen and oxygen atoms in total. The minimum absolute atomic E-state index is 0.0165. The summed E-state index contributed by atoms with van der Waals surface area (Å²) in [7, 11) is 0. The number of hydrogen-bond donors (Lipinski definition) is 2. The van der Waals surface area contributed by atoms with Crippen LogP contribution in [0.25, 0.3) is 11.1 Å². The Hall–Kier alpha value is -3.00. The van der Waals surface area contributed by atoms with Gasteiger partial charge in [-0.1, -0.05) is 48.5 Å². The molecule has 0 unspecified atom stereocenters. The number of carboxylic acids is 1. The van der Waals surface area contributed by atoms with Gasteiger partial charge < -0.3 is 20.1 Å². The first kappa shape index (κ1) is 22.2. The molecule has 168 valence electrons. The molecule has 4 rings (SSSR count). The first-order chi connectivity index (χ1) is 15.6. The lowest BCUT2D eigenvalue weighted by atomic mass is 9.98. The van der Waals surface area contributed by atoms with Crippen LogP contribution in [0.5, 0.6) is 0 Å². The van der Waals surface area contributed by atoms with Gasteiger partial charge in [-0.05, 0) is 35.1 Å². The maximum atomic E-state index is 12.2. The van der Waals surface area contributed by atoms with Crippen LogP contribution >= 0.6 is 11.8 Å². The van der Waals surface area contributed by atoms with Gasteiger partial charge in [-0.3, -0.25) is 4.79 Å². The molecule has 2 amide bonds. The van der Waals surface area contributed by atoms with E-state index < -0.39 is 18.1 Å². The van der Waals surface area contributed by atoms with Crippen molar-refractivity contribution >= 4 is 29.7 Å². The number of benzene rings is 2. The van der Waals surface area contributed by atoms with Gasteiger partial charge in [0.15, 0.2) is 0 Å². The molecule has 1 saturated heterocycles. The second-order valence-electron chi connectivity index (χ2n) is 7.89. The van der Waals surface area contributed by atoms with Crippen molar-refractivity contribution in [3.63, 3.8) is 0 Å². The van der Waals surface area contributed by atoms with E-state index in [1.54, 1.807) is 0 Å². The van der Waals surface area contributed by atoms with Crippen molar-refractivity contribution in [1.82, 2.24) is 10.2 Å². The van der Waals surface area contributed by atoms with Crippen molar-refractivity contribution in [1.29, 1.82) is 0 Å². The Morgan fingerprint density at radius 3 is 2.38 bits per heavy atom. The van der Waals surface area contributed by atoms with E-state index in [1.165, 1.54) is 27.8 Å². The van der Waals surface area contributed by atoms with Crippen molar-refractivity contribution < 1.29 is 24.2 Å². The fourth-order valence-corrected chi connectivity index (χ4v) is 5.17. The molecule has 1 aliphatic heterocycles. The monoisotopic (exact) mass is 454 g/mol. The zero-order valence-electron chi connectivity index (χ0n) is 17.7. The van der Waals surface area contributed by atoms with E-state index in [2.05, 4.69) is 29.6 Å². The number of fused-ring (bicyclic) bond motifs is 3. The van der Waals surface area contributed by atoms with E-state index in [4.69, 9.17) is 4.74 Å². The molecule has 0 bridgehead atoms. The van der Waals surface area contributed by atoms with Crippen LogP contribution in [0, 0.1) is 0 Å². The van der Waals surface area contributed by atoms with Crippen LogP contribution < -0.4 is 5.32 Å². The summed E-state index contributed by atoms with van der Waals surface area (Å²) in [5, 5.41) is 11.9. The van der Waals surface area contributed by atoms with E-state index in [0.717, 1.165) is 17.5 Å². The molecule has 0 spiro atoms. The number of ether oxygens (including phenoxy) is 1. The number of nitrogens with one attached hydrogen (secondary N) is 1. The van der Waals surface area contributed by atoms with Gasteiger partial charge in [-0.15, -0.1) is 0 Å². The second kappa shape index (κ2) is 10.1. The zero-order chi connectivity index (χ0) is 22.5. The first-order valence-corrected chi connectivity index (χ1v) is 11.9. The number of carbonyl (C=O) groups excluding carboxylic acids is 2. The largest absolute Gasteiger partial charge is 0.480 e. The minimum atomic E-state index is -0.947. The Morgan fingerprint density at radius 2 is 1.72 bits per heavy atom. The molecule has 0 saturated carbocycles. The number of alkyl carbamates (subject to hydrolysis) is 1. The summed E-state index contributed by atoms with van der Waals surface area (Å²) >= 11 is 1.37. The SMILES string of the molecule is O=C(NCCSCC(=O)N1CCC[C@H]1C(=O)O)OCC1c2ccccc2-c2ccccc21. The predicted molar refractivity (Wildman–Crippen MR) is 123 cm³/mol. The van der Waals surface area contributed by atoms with Gasteiger partial charge in [-0.2, -0.15) is 11.8 Å². The average molecular weight is 455 g/mol. The van der Waals surface area contributed by atoms with Gasteiger partial charge in [0, 0.05) is 24.8 Å². The predicted octanol–water partition coefficient (Wildman–Crippen LogP) is 3.33. The highest BCUT2D eigenvalue weighted by Gasteiger charge is 2.33. The lowest BCUT2D eigenvalue weighted by Gasteiger charge is -2.21. The molecular formula is C24H26N2O5S. The van der Waals surface area contributed by atoms with Crippen molar-refractivity contribution in [2.24, 2.45) is 0 Å². The molecular weight excluding hydrogens is 428 g/mol. The summed E-state index contributed by atoms with van der Waals surface area (Å²) in [6, 6.07) is 15.6. The molecule has 8 heteroatoms. The Morgan fingerprint density at radius 1 is 1.06 bits per heavy atom. The van der Waals surface area contributed by atoms with Crippen molar-refractivity contribution in [2.45, 2.75) is 24.8 Å². The van der Waals surface area contributed by atoms with Gasteiger partial charge in [-0.25, -0.2) is 9.59 Å². The summed E-state index contributed by atoms with van der Waals surface area (Å²) in [6.07, 6.45) is 0.746. The third kappa shape index (κ3) is 4.75. The summed E-state index contributed by atoms with van der Waals surface area (Å²) in [6.45, 7) is 1.13. The lowest BCUT2D eigenvalue weighted by Crippen LogP contribution is -2.41. The molecule has 1 aliphatic carbocycles. The van der Waals surface area contributed by atoms with Gasteiger partial charge in [0.2, 0.25) is 5.91 Å². The smallest absolute Gasteiger partial charge is 0.407 e. The number of amides is 2. The fraction of sp³-hybridized carbons (Fsp3) is 0.375. The Labute approximate surface area is 191 Å². The van der Waals surface area contributed by atoms with Crippen molar-refractivity contribution in [2.75, 3.05) is 31.2 Å². The molecule has 1 atom stereocenters. The maximum Gasteiger partial charge on any atom is 0.407 e. The second-order valence-corrected chi connectivity index (χ2v) is 8.99. The fourth-order valence-electron chi connectivity index (χ4n) is 4.44. The van der Waals surface area contributed by atoms with E-state index >= 15 is 0 Å². The number of nitrogens with zero attached hydrogens (tertiary/aromatic N) is 1. The molecule has 0 aromatic heterocycles. The third-order valence-corrected chi connectivity index (χ3v) is 6.89. The highest BCUT2D eigenvalue weighted by Crippen LogP contribution is 2.44. The number of hydrogen-bond acceptors (Lipinski definition) is 5. The molecule has 1 heterocycles. The van der Waals surface area contributed by atoms with Crippen LogP contribution in [0.15, 0.2) is 48.5 Å². The first-order valence-electron chi connectivity index (χ1n) is 10.7. The topological polar surface area (TPSA) is 95.9 Å². The summed E-state index contributed by atoms with van der Waals surface area (Å²) in [5.41, 5.74) is 4.69. The highest BCUT2D eigenvalue weighted by molar-refractivity contribution is 7.99. The number of rotatable bonds is 8. The lowest BCUT2D eigenvalue weighted by molar-refractivity contribution is -0.147. The number of thioether (sulfide) groups is 1. The van der Waals surface area contributed by atoms with Gasteiger partial charge >= 0.3 is 12.1 Å². The van der Waals surface area contributed by atoms with Crippen molar-refractivity contribution in [3.05, 3.63) is 59.7 Å². The van der Waals surface area contributed by atoms with Crippen LogP contribution in [0.2, 0.25) is 0 Å². The molecule has 2 aromatic carbocycles. The maximum absolute atomic E-state index is 12.2. The van der Waals surface area contributed by atoms with Gasteiger partial charge in [0.05, 0.1) is 5.75 Å². The van der Waals surface area contributed by atoms with E-state index in [0.29, 0.717) is 25.3 Å². The number of carboxylic acid groups (broad SMARTS) is 1. The molecule has 32 heavy (non-hydrogen) atoms. The van der Waals surface area contributed by atoms with Crippen LogP contribution in [0.1, 0.15) is 29.9 Å². The van der Waals surface area contributed by atoms with Crippen LogP contribution in [0.3, 0.4) is 0 Å².